The predicted molar refractivity (Wildman–Crippen MR) is 93.8 cm³/mol. The van der Waals surface area contributed by atoms with Crippen molar-refractivity contribution in [1.29, 1.82) is 0 Å². The molecular formula is C17H24N4O2. The van der Waals surface area contributed by atoms with E-state index in [1.165, 1.54) is 0 Å². The first-order chi connectivity index (χ1) is 11.2. The highest BCUT2D eigenvalue weighted by Gasteiger charge is 2.12. The predicted octanol–water partition coefficient (Wildman–Crippen LogP) is 2.90. The lowest BCUT2D eigenvalue weighted by atomic mass is 10.2. The number of aryl methyl sites for hydroxylation is 1. The molecule has 0 unspecified atom stereocenters. The number of H-pyrrole nitrogens is 2. The second kappa shape index (κ2) is 7.69. The van der Waals surface area contributed by atoms with E-state index in [-0.39, 0.29) is 5.56 Å². The van der Waals surface area contributed by atoms with Gasteiger partial charge in [0.2, 0.25) is 0 Å². The van der Waals surface area contributed by atoms with Crippen molar-refractivity contribution in [2.24, 2.45) is 5.73 Å². The van der Waals surface area contributed by atoms with Gasteiger partial charge in [-0.25, -0.2) is 0 Å². The van der Waals surface area contributed by atoms with Gasteiger partial charge in [-0.15, -0.1) is 0 Å². The van der Waals surface area contributed by atoms with Crippen LogP contribution in [0.1, 0.15) is 30.9 Å². The second-order valence-electron chi connectivity index (χ2n) is 5.00. The molecule has 0 aliphatic carbocycles. The molecule has 0 aliphatic heterocycles. The molecule has 0 bridgehead atoms. The molecule has 6 nitrogen and oxygen atoms in total. The quantitative estimate of drug-likeness (QED) is 0.581. The molecule has 0 saturated carbocycles. The summed E-state index contributed by atoms with van der Waals surface area (Å²) in [5, 5.41) is 3.24. The van der Waals surface area contributed by atoms with E-state index >= 15 is 0 Å². The van der Waals surface area contributed by atoms with Gasteiger partial charge >= 0.3 is 0 Å². The molecule has 0 aromatic carbocycles. The Hall–Kier alpha value is -2.47. The van der Waals surface area contributed by atoms with Gasteiger partial charge in [-0.3, -0.25) is 4.79 Å². The van der Waals surface area contributed by atoms with E-state index in [4.69, 9.17) is 10.2 Å². The van der Waals surface area contributed by atoms with Crippen LogP contribution < -0.4 is 16.6 Å². The summed E-state index contributed by atoms with van der Waals surface area (Å²) in [6.07, 6.45) is 2.38. The van der Waals surface area contributed by atoms with Gasteiger partial charge in [0.15, 0.2) is 0 Å². The summed E-state index contributed by atoms with van der Waals surface area (Å²) < 4.78 is 5.29. The van der Waals surface area contributed by atoms with Gasteiger partial charge in [0, 0.05) is 18.2 Å². The monoisotopic (exact) mass is 316 g/mol. The minimum absolute atomic E-state index is 0.133. The zero-order valence-corrected chi connectivity index (χ0v) is 13.8. The summed E-state index contributed by atoms with van der Waals surface area (Å²) in [7, 11) is 0. The number of pyridine rings is 1. The van der Waals surface area contributed by atoms with Crippen molar-refractivity contribution in [1.82, 2.24) is 9.97 Å². The topological polar surface area (TPSA) is 99.8 Å². The molecule has 3 heterocycles. The molecule has 0 spiro atoms. The van der Waals surface area contributed by atoms with E-state index in [1.54, 1.807) is 12.3 Å². The van der Waals surface area contributed by atoms with Crippen LogP contribution in [0, 0.1) is 6.92 Å². The lowest BCUT2D eigenvalue weighted by molar-refractivity contribution is 0.518. The average Bonchev–Trinajstić information content (AvgIpc) is 3.18. The zero-order valence-electron chi connectivity index (χ0n) is 13.8. The highest BCUT2D eigenvalue weighted by Crippen LogP contribution is 2.25. The van der Waals surface area contributed by atoms with E-state index in [1.807, 2.05) is 32.9 Å². The van der Waals surface area contributed by atoms with Crippen LogP contribution in [0.2, 0.25) is 0 Å². The Morgan fingerprint density at radius 3 is 2.70 bits per heavy atom. The van der Waals surface area contributed by atoms with Crippen LogP contribution >= 0.6 is 0 Å². The number of hydrogen-bond acceptors (Lipinski definition) is 4. The summed E-state index contributed by atoms with van der Waals surface area (Å²) in [5.74, 6) is 0.814. The number of furan rings is 1. The first-order valence-corrected chi connectivity index (χ1v) is 7.90. The Labute approximate surface area is 135 Å². The number of aromatic nitrogens is 2. The summed E-state index contributed by atoms with van der Waals surface area (Å²) >= 11 is 0. The summed E-state index contributed by atoms with van der Waals surface area (Å²) in [6.45, 7) is 7.07. The van der Waals surface area contributed by atoms with Crippen molar-refractivity contribution in [2.45, 2.75) is 33.7 Å². The normalized spacial score (nSPS) is 10.4. The van der Waals surface area contributed by atoms with Gasteiger partial charge in [-0.2, -0.15) is 0 Å². The molecule has 3 aromatic heterocycles. The molecule has 23 heavy (non-hydrogen) atoms. The third-order valence-corrected chi connectivity index (χ3v) is 3.57. The summed E-state index contributed by atoms with van der Waals surface area (Å²) in [5.41, 5.74) is 10.1. The number of rotatable bonds is 5. The number of hydrogen-bond donors (Lipinski definition) is 4. The third kappa shape index (κ3) is 3.65. The van der Waals surface area contributed by atoms with Crippen LogP contribution in [0.4, 0.5) is 5.69 Å². The van der Waals surface area contributed by atoms with Crippen molar-refractivity contribution < 1.29 is 4.42 Å². The first-order valence-electron chi connectivity index (χ1n) is 7.90. The van der Waals surface area contributed by atoms with Crippen LogP contribution in [0.3, 0.4) is 0 Å². The molecule has 3 rings (SSSR count). The zero-order chi connectivity index (χ0) is 16.8. The molecule has 3 aromatic rings. The van der Waals surface area contributed by atoms with E-state index in [9.17, 15) is 4.79 Å². The van der Waals surface area contributed by atoms with Gasteiger partial charge in [0.1, 0.15) is 5.76 Å². The van der Waals surface area contributed by atoms with Crippen molar-refractivity contribution in [3.05, 3.63) is 51.8 Å². The molecule has 0 saturated heterocycles. The fourth-order valence-corrected chi connectivity index (χ4v) is 2.50. The minimum Gasteiger partial charge on any atom is -0.467 e. The maximum absolute atomic E-state index is 11.8. The molecule has 0 aliphatic rings. The maximum atomic E-state index is 11.8. The molecule has 0 radical (unpaired) electrons. The van der Waals surface area contributed by atoms with Crippen LogP contribution in [0.15, 0.2) is 33.7 Å². The van der Waals surface area contributed by atoms with Crippen molar-refractivity contribution >= 4 is 16.7 Å². The molecule has 5 N–H and O–H groups in total. The number of nitrogens with one attached hydrogen (secondary N) is 3. The fraction of sp³-hybridized carbons (Fsp3) is 0.353. The number of fused-ring (bicyclic) bond motifs is 1. The number of nitrogens with two attached hydrogens (primary N) is 1. The van der Waals surface area contributed by atoms with Crippen LogP contribution in [-0.4, -0.2) is 16.5 Å². The Balaban J connectivity index is 0.000000924. The van der Waals surface area contributed by atoms with Gasteiger partial charge in [-0.1, -0.05) is 13.8 Å². The Kier molecular flexibility index (Phi) is 5.65. The van der Waals surface area contributed by atoms with Crippen LogP contribution in [0.25, 0.3) is 11.0 Å². The van der Waals surface area contributed by atoms with E-state index in [2.05, 4.69) is 15.3 Å². The number of anilines is 1. The standard InChI is InChI=1S/C15H18N4O2.C2H6/c1-9-11(4-5-16)18-15-12(7-13(20)19-14(9)15)17-8-10-3-2-6-21-10;1-2/h2-3,6-7,18H,4-5,8,16H2,1H3,(H2,17,19,20);1-2H3. The highest BCUT2D eigenvalue weighted by molar-refractivity contribution is 5.91. The molecule has 124 valence electrons. The highest BCUT2D eigenvalue weighted by atomic mass is 16.3. The Morgan fingerprint density at radius 2 is 2.04 bits per heavy atom. The molecule has 0 atom stereocenters. The minimum atomic E-state index is -0.133. The lowest BCUT2D eigenvalue weighted by Crippen LogP contribution is -2.08. The van der Waals surface area contributed by atoms with Crippen molar-refractivity contribution in [2.75, 3.05) is 11.9 Å². The van der Waals surface area contributed by atoms with Crippen LogP contribution in [-0.2, 0) is 13.0 Å². The molecule has 6 heteroatoms. The third-order valence-electron chi connectivity index (χ3n) is 3.57. The van der Waals surface area contributed by atoms with E-state index in [0.29, 0.717) is 13.1 Å². The maximum Gasteiger partial charge on any atom is 0.250 e. The first kappa shape index (κ1) is 16.9. The SMILES string of the molecule is CC.Cc1c(CCN)[nH]c2c(NCc3ccco3)cc(=O)[nH]c12. The van der Waals surface area contributed by atoms with Crippen molar-refractivity contribution in [3.63, 3.8) is 0 Å². The smallest absolute Gasteiger partial charge is 0.250 e. The van der Waals surface area contributed by atoms with E-state index in [0.717, 1.165) is 40.2 Å². The lowest BCUT2D eigenvalue weighted by Gasteiger charge is -2.05. The van der Waals surface area contributed by atoms with Gasteiger partial charge in [0.25, 0.3) is 5.56 Å². The molecule has 0 amide bonds. The molecule has 0 fully saturated rings. The Bertz CT molecular complexity index is 800. The van der Waals surface area contributed by atoms with Crippen LogP contribution in [0.5, 0.6) is 0 Å². The number of aromatic amines is 2. The van der Waals surface area contributed by atoms with Gasteiger partial charge in [-0.05, 0) is 31.2 Å². The van der Waals surface area contributed by atoms with Crippen molar-refractivity contribution in [3.8, 4) is 0 Å². The van der Waals surface area contributed by atoms with Gasteiger partial charge < -0.3 is 25.4 Å². The molecular weight excluding hydrogens is 292 g/mol. The summed E-state index contributed by atoms with van der Waals surface area (Å²) in [6, 6.07) is 5.27. The largest absolute Gasteiger partial charge is 0.467 e. The van der Waals surface area contributed by atoms with E-state index < -0.39 is 0 Å². The summed E-state index contributed by atoms with van der Waals surface area (Å²) in [4.78, 5) is 18.1. The second-order valence-corrected chi connectivity index (χ2v) is 5.00. The van der Waals surface area contributed by atoms with Gasteiger partial charge in [0.05, 0.1) is 29.5 Å². The average molecular weight is 316 g/mol. The Morgan fingerprint density at radius 1 is 1.26 bits per heavy atom. The fourth-order valence-electron chi connectivity index (χ4n) is 2.50.